The van der Waals surface area contributed by atoms with Crippen molar-refractivity contribution >= 4 is 5.91 Å². The smallest absolute Gasteiger partial charge is 0.236 e. The van der Waals surface area contributed by atoms with Crippen LogP contribution in [0.5, 0.6) is 0 Å². The maximum absolute atomic E-state index is 11.9. The SMILES string of the molecule is CCN(CCO)CC(=O)N1CCC(N)CC1. The summed E-state index contributed by atoms with van der Waals surface area (Å²) in [6.45, 7) is 5.41. The van der Waals surface area contributed by atoms with Crippen molar-refractivity contribution in [2.45, 2.75) is 25.8 Å². The van der Waals surface area contributed by atoms with Crippen molar-refractivity contribution in [1.82, 2.24) is 9.80 Å². The lowest BCUT2D eigenvalue weighted by atomic mass is 10.1. The molecule has 0 unspecified atom stereocenters. The van der Waals surface area contributed by atoms with E-state index in [0.29, 0.717) is 13.1 Å². The Morgan fingerprint density at radius 3 is 2.62 bits per heavy atom. The Hall–Kier alpha value is -0.650. The van der Waals surface area contributed by atoms with Crippen molar-refractivity contribution in [1.29, 1.82) is 0 Å². The second-order valence-corrected chi connectivity index (χ2v) is 4.31. The van der Waals surface area contributed by atoms with Gasteiger partial charge in [-0.25, -0.2) is 0 Å². The Labute approximate surface area is 97.2 Å². The highest BCUT2D eigenvalue weighted by atomic mass is 16.3. The van der Waals surface area contributed by atoms with Crippen molar-refractivity contribution in [3.8, 4) is 0 Å². The molecule has 0 spiro atoms. The average Bonchev–Trinajstić information content (AvgIpc) is 2.29. The molecule has 0 aromatic carbocycles. The summed E-state index contributed by atoms with van der Waals surface area (Å²) in [7, 11) is 0. The number of likely N-dealkylation sites (N-methyl/N-ethyl adjacent to an activating group) is 1. The van der Waals surface area contributed by atoms with Gasteiger partial charge in [-0.05, 0) is 19.4 Å². The third kappa shape index (κ3) is 4.08. The van der Waals surface area contributed by atoms with Crippen molar-refractivity contribution in [3.63, 3.8) is 0 Å². The number of amides is 1. The van der Waals surface area contributed by atoms with Gasteiger partial charge in [0.25, 0.3) is 0 Å². The molecule has 16 heavy (non-hydrogen) atoms. The van der Waals surface area contributed by atoms with Gasteiger partial charge in [0, 0.05) is 25.7 Å². The van der Waals surface area contributed by atoms with Crippen LogP contribution in [0.3, 0.4) is 0 Å². The summed E-state index contributed by atoms with van der Waals surface area (Å²) >= 11 is 0. The summed E-state index contributed by atoms with van der Waals surface area (Å²) in [5.74, 6) is 0.155. The predicted molar refractivity (Wildman–Crippen MR) is 63.0 cm³/mol. The van der Waals surface area contributed by atoms with Gasteiger partial charge in [-0.3, -0.25) is 9.69 Å². The van der Waals surface area contributed by atoms with Crippen molar-refractivity contribution in [2.24, 2.45) is 5.73 Å². The van der Waals surface area contributed by atoms with Gasteiger partial charge in [0.2, 0.25) is 5.91 Å². The summed E-state index contributed by atoms with van der Waals surface area (Å²) in [5, 5.41) is 8.84. The summed E-state index contributed by atoms with van der Waals surface area (Å²) in [6, 6.07) is 0.253. The Balaban J connectivity index is 2.33. The van der Waals surface area contributed by atoms with E-state index in [1.807, 2.05) is 16.7 Å². The molecule has 1 fully saturated rings. The highest BCUT2D eigenvalue weighted by Crippen LogP contribution is 2.08. The zero-order valence-electron chi connectivity index (χ0n) is 10.1. The minimum absolute atomic E-state index is 0.103. The minimum atomic E-state index is 0.103. The fourth-order valence-corrected chi connectivity index (χ4v) is 1.93. The van der Waals surface area contributed by atoms with Gasteiger partial charge in [0.05, 0.1) is 13.2 Å². The van der Waals surface area contributed by atoms with Gasteiger partial charge in [-0.15, -0.1) is 0 Å². The molecule has 1 heterocycles. The third-order valence-electron chi connectivity index (χ3n) is 3.11. The van der Waals surface area contributed by atoms with Crippen LogP contribution in [-0.2, 0) is 4.79 Å². The Morgan fingerprint density at radius 1 is 1.50 bits per heavy atom. The monoisotopic (exact) mass is 229 g/mol. The number of nitrogens with zero attached hydrogens (tertiary/aromatic N) is 2. The lowest BCUT2D eigenvalue weighted by Crippen LogP contribution is -2.47. The van der Waals surface area contributed by atoms with E-state index in [1.54, 1.807) is 0 Å². The summed E-state index contributed by atoms with van der Waals surface area (Å²) in [6.07, 6.45) is 1.80. The molecule has 0 radical (unpaired) electrons. The predicted octanol–water partition coefficient (Wildman–Crippen LogP) is -0.750. The summed E-state index contributed by atoms with van der Waals surface area (Å²) in [5.41, 5.74) is 5.79. The second-order valence-electron chi connectivity index (χ2n) is 4.31. The maximum atomic E-state index is 11.9. The van der Waals surface area contributed by atoms with E-state index in [0.717, 1.165) is 32.5 Å². The number of aliphatic hydroxyl groups excluding tert-OH is 1. The molecule has 0 saturated carbocycles. The number of likely N-dealkylation sites (tertiary alicyclic amines) is 1. The number of carbonyl (C=O) groups is 1. The van der Waals surface area contributed by atoms with Gasteiger partial charge >= 0.3 is 0 Å². The number of piperidine rings is 1. The van der Waals surface area contributed by atoms with Crippen LogP contribution in [0, 0.1) is 0 Å². The van der Waals surface area contributed by atoms with Gasteiger partial charge < -0.3 is 15.7 Å². The fourth-order valence-electron chi connectivity index (χ4n) is 1.93. The molecule has 0 aliphatic carbocycles. The van der Waals surface area contributed by atoms with E-state index < -0.39 is 0 Å². The standard InChI is InChI=1S/C11H23N3O2/c1-2-13(7-8-15)9-11(16)14-5-3-10(12)4-6-14/h10,15H,2-9,12H2,1H3. The first-order chi connectivity index (χ1) is 7.67. The molecule has 0 bridgehead atoms. The lowest BCUT2D eigenvalue weighted by Gasteiger charge is -2.32. The molecular formula is C11H23N3O2. The molecule has 1 amide bonds. The highest BCUT2D eigenvalue weighted by Gasteiger charge is 2.21. The topological polar surface area (TPSA) is 69.8 Å². The third-order valence-corrected chi connectivity index (χ3v) is 3.11. The van der Waals surface area contributed by atoms with Crippen LogP contribution < -0.4 is 5.73 Å². The molecule has 0 aromatic heterocycles. The van der Waals surface area contributed by atoms with Crippen LogP contribution in [0.15, 0.2) is 0 Å². The number of carbonyl (C=O) groups excluding carboxylic acids is 1. The first-order valence-electron chi connectivity index (χ1n) is 6.04. The molecule has 1 aliphatic rings. The second kappa shape index (κ2) is 6.83. The number of hydrogen-bond donors (Lipinski definition) is 2. The Morgan fingerprint density at radius 2 is 2.12 bits per heavy atom. The molecule has 1 saturated heterocycles. The van der Waals surface area contributed by atoms with Crippen LogP contribution in [0.4, 0.5) is 0 Å². The summed E-state index contributed by atoms with van der Waals surface area (Å²) < 4.78 is 0. The van der Waals surface area contributed by atoms with E-state index in [1.165, 1.54) is 0 Å². The quantitative estimate of drug-likeness (QED) is 0.651. The van der Waals surface area contributed by atoms with Gasteiger partial charge in [0.15, 0.2) is 0 Å². The van der Waals surface area contributed by atoms with E-state index in [2.05, 4.69) is 0 Å². The van der Waals surface area contributed by atoms with E-state index in [9.17, 15) is 4.79 Å². The van der Waals surface area contributed by atoms with Gasteiger partial charge in [0.1, 0.15) is 0 Å². The summed E-state index contributed by atoms with van der Waals surface area (Å²) in [4.78, 5) is 15.7. The number of hydrogen-bond acceptors (Lipinski definition) is 4. The zero-order valence-corrected chi connectivity index (χ0v) is 10.1. The first-order valence-corrected chi connectivity index (χ1v) is 6.04. The Bertz CT molecular complexity index is 215. The maximum Gasteiger partial charge on any atom is 0.236 e. The highest BCUT2D eigenvalue weighted by molar-refractivity contribution is 5.78. The van der Waals surface area contributed by atoms with E-state index in [-0.39, 0.29) is 18.6 Å². The molecule has 5 heteroatoms. The van der Waals surface area contributed by atoms with Crippen LogP contribution in [0.1, 0.15) is 19.8 Å². The van der Waals surface area contributed by atoms with Gasteiger partial charge in [-0.1, -0.05) is 6.92 Å². The van der Waals surface area contributed by atoms with Crippen LogP contribution in [0.2, 0.25) is 0 Å². The molecule has 0 atom stereocenters. The average molecular weight is 229 g/mol. The number of nitrogens with two attached hydrogens (primary N) is 1. The molecule has 3 N–H and O–H groups in total. The van der Waals surface area contributed by atoms with E-state index in [4.69, 9.17) is 10.8 Å². The fraction of sp³-hybridized carbons (Fsp3) is 0.909. The van der Waals surface area contributed by atoms with Gasteiger partial charge in [-0.2, -0.15) is 0 Å². The largest absolute Gasteiger partial charge is 0.395 e. The normalized spacial score (nSPS) is 18.1. The molecule has 1 aliphatic heterocycles. The lowest BCUT2D eigenvalue weighted by molar-refractivity contribution is -0.133. The molecule has 0 aromatic rings. The molecule has 5 nitrogen and oxygen atoms in total. The van der Waals surface area contributed by atoms with Crippen molar-refractivity contribution < 1.29 is 9.90 Å². The van der Waals surface area contributed by atoms with Crippen LogP contribution in [-0.4, -0.2) is 66.2 Å². The van der Waals surface area contributed by atoms with Crippen LogP contribution >= 0.6 is 0 Å². The molecular weight excluding hydrogens is 206 g/mol. The zero-order chi connectivity index (χ0) is 12.0. The van der Waals surface area contributed by atoms with E-state index >= 15 is 0 Å². The van der Waals surface area contributed by atoms with Crippen molar-refractivity contribution in [3.05, 3.63) is 0 Å². The number of aliphatic hydroxyl groups is 1. The minimum Gasteiger partial charge on any atom is -0.395 e. The van der Waals surface area contributed by atoms with Crippen molar-refractivity contribution in [2.75, 3.05) is 39.3 Å². The first kappa shape index (κ1) is 13.4. The molecule has 94 valence electrons. The van der Waals surface area contributed by atoms with Crippen LogP contribution in [0.25, 0.3) is 0 Å². The molecule has 1 rings (SSSR count). The Kier molecular flexibility index (Phi) is 5.73. The number of rotatable bonds is 5.